The van der Waals surface area contributed by atoms with Gasteiger partial charge in [-0.3, -0.25) is 0 Å². The van der Waals surface area contributed by atoms with Crippen molar-refractivity contribution >= 4 is 5.97 Å². The van der Waals surface area contributed by atoms with Crippen molar-refractivity contribution < 1.29 is 24.1 Å². The summed E-state index contributed by atoms with van der Waals surface area (Å²) in [7, 11) is 1.61. The van der Waals surface area contributed by atoms with E-state index in [2.05, 4.69) is 0 Å². The SMILES string of the molecule is COCOC[C@@H]1CCC[C@H](COCC(=O)O)C1. The summed E-state index contributed by atoms with van der Waals surface area (Å²) in [5.74, 6) is 0.123. The predicted molar refractivity (Wildman–Crippen MR) is 61.7 cm³/mol. The molecule has 17 heavy (non-hydrogen) atoms. The number of carboxylic acids is 1. The van der Waals surface area contributed by atoms with Crippen molar-refractivity contribution in [3.05, 3.63) is 0 Å². The summed E-state index contributed by atoms with van der Waals surface area (Å²) in [6.07, 6.45) is 4.53. The van der Waals surface area contributed by atoms with Gasteiger partial charge in [-0.1, -0.05) is 6.42 Å². The Balaban J connectivity index is 2.12. The lowest BCUT2D eigenvalue weighted by Crippen LogP contribution is -2.24. The highest BCUT2D eigenvalue weighted by Gasteiger charge is 2.22. The van der Waals surface area contributed by atoms with Gasteiger partial charge in [0.25, 0.3) is 0 Å². The number of ether oxygens (including phenoxy) is 3. The fourth-order valence-electron chi connectivity index (χ4n) is 2.32. The summed E-state index contributed by atoms with van der Waals surface area (Å²) < 4.78 is 15.3. The van der Waals surface area contributed by atoms with Crippen LogP contribution in [0.4, 0.5) is 0 Å². The predicted octanol–water partition coefficient (Wildman–Crippen LogP) is 1.51. The second kappa shape index (κ2) is 8.44. The number of hydrogen-bond acceptors (Lipinski definition) is 4. The van der Waals surface area contributed by atoms with Crippen LogP contribution in [0.2, 0.25) is 0 Å². The fourth-order valence-corrected chi connectivity index (χ4v) is 2.32. The summed E-state index contributed by atoms with van der Waals surface area (Å²) in [5.41, 5.74) is 0. The zero-order chi connectivity index (χ0) is 12.5. The molecule has 0 aromatic heterocycles. The van der Waals surface area contributed by atoms with E-state index in [-0.39, 0.29) is 6.61 Å². The molecule has 0 heterocycles. The van der Waals surface area contributed by atoms with Crippen molar-refractivity contribution in [2.75, 3.05) is 33.7 Å². The van der Waals surface area contributed by atoms with Gasteiger partial charge < -0.3 is 19.3 Å². The smallest absolute Gasteiger partial charge is 0.329 e. The molecule has 0 aliphatic heterocycles. The highest BCUT2D eigenvalue weighted by Crippen LogP contribution is 2.29. The van der Waals surface area contributed by atoms with E-state index in [0.29, 0.717) is 25.2 Å². The third-order valence-corrected chi connectivity index (χ3v) is 3.03. The molecule has 0 amide bonds. The molecule has 1 N–H and O–H groups in total. The molecule has 0 spiro atoms. The molecule has 0 unspecified atom stereocenters. The Morgan fingerprint density at radius 3 is 2.47 bits per heavy atom. The molecular weight excluding hydrogens is 224 g/mol. The van der Waals surface area contributed by atoms with Crippen LogP contribution in [-0.4, -0.2) is 44.8 Å². The topological polar surface area (TPSA) is 65.0 Å². The van der Waals surface area contributed by atoms with Gasteiger partial charge in [-0.25, -0.2) is 4.79 Å². The van der Waals surface area contributed by atoms with Crippen LogP contribution in [0.1, 0.15) is 25.7 Å². The van der Waals surface area contributed by atoms with E-state index < -0.39 is 5.97 Å². The summed E-state index contributed by atoms with van der Waals surface area (Å²) in [6.45, 7) is 1.42. The minimum Gasteiger partial charge on any atom is -0.480 e. The van der Waals surface area contributed by atoms with Crippen LogP contribution in [0.25, 0.3) is 0 Å². The van der Waals surface area contributed by atoms with E-state index in [1.54, 1.807) is 7.11 Å². The highest BCUT2D eigenvalue weighted by atomic mass is 16.7. The van der Waals surface area contributed by atoms with Crippen molar-refractivity contribution in [3.63, 3.8) is 0 Å². The Labute approximate surface area is 102 Å². The van der Waals surface area contributed by atoms with Crippen LogP contribution in [0.3, 0.4) is 0 Å². The quantitative estimate of drug-likeness (QED) is 0.519. The maximum absolute atomic E-state index is 10.3. The second-order valence-corrected chi connectivity index (χ2v) is 4.58. The molecule has 100 valence electrons. The van der Waals surface area contributed by atoms with E-state index in [9.17, 15) is 4.79 Å². The molecule has 1 rings (SSSR count). The van der Waals surface area contributed by atoms with Gasteiger partial charge in [-0.2, -0.15) is 0 Å². The number of rotatable bonds is 8. The molecule has 5 nitrogen and oxygen atoms in total. The first kappa shape index (κ1) is 14.4. The van der Waals surface area contributed by atoms with E-state index >= 15 is 0 Å². The minimum absolute atomic E-state index is 0.193. The van der Waals surface area contributed by atoms with E-state index in [0.717, 1.165) is 19.4 Å². The van der Waals surface area contributed by atoms with Crippen LogP contribution in [0.15, 0.2) is 0 Å². The van der Waals surface area contributed by atoms with Crippen LogP contribution in [0, 0.1) is 11.8 Å². The van der Waals surface area contributed by atoms with Gasteiger partial charge >= 0.3 is 5.97 Å². The van der Waals surface area contributed by atoms with Gasteiger partial charge in [-0.15, -0.1) is 0 Å². The number of carbonyl (C=O) groups is 1. The Hall–Kier alpha value is -0.650. The molecule has 5 heteroatoms. The first-order chi connectivity index (χ1) is 8.22. The summed E-state index contributed by atoms with van der Waals surface area (Å²) >= 11 is 0. The number of hydrogen-bond donors (Lipinski definition) is 1. The van der Waals surface area contributed by atoms with Gasteiger partial charge in [-0.05, 0) is 31.1 Å². The normalized spacial score (nSPS) is 24.8. The van der Waals surface area contributed by atoms with Crippen LogP contribution in [0.5, 0.6) is 0 Å². The molecule has 2 atom stereocenters. The average Bonchev–Trinajstić information content (AvgIpc) is 2.29. The largest absolute Gasteiger partial charge is 0.480 e. The Morgan fingerprint density at radius 2 is 1.88 bits per heavy atom. The lowest BCUT2D eigenvalue weighted by molar-refractivity contribution is -0.142. The molecule has 0 saturated heterocycles. The average molecular weight is 246 g/mol. The molecule has 0 aromatic carbocycles. The summed E-state index contributed by atoms with van der Waals surface area (Å²) in [6, 6.07) is 0. The monoisotopic (exact) mass is 246 g/mol. The van der Waals surface area contributed by atoms with Gasteiger partial charge in [0.2, 0.25) is 0 Å². The van der Waals surface area contributed by atoms with Gasteiger partial charge in [0, 0.05) is 7.11 Å². The van der Waals surface area contributed by atoms with E-state index in [1.165, 1.54) is 12.8 Å². The van der Waals surface area contributed by atoms with Gasteiger partial charge in [0.15, 0.2) is 0 Å². The fraction of sp³-hybridized carbons (Fsp3) is 0.917. The summed E-state index contributed by atoms with van der Waals surface area (Å²) in [5, 5.41) is 8.48. The Morgan fingerprint density at radius 1 is 1.24 bits per heavy atom. The van der Waals surface area contributed by atoms with E-state index in [4.69, 9.17) is 19.3 Å². The van der Waals surface area contributed by atoms with Crippen molar-refractivity contribution in [1.82, 2.24) is 0 Å². The molecular formula is C12H22O5. The van der Waals surface area contributed by atoms with Gasteiger partial charge in [0.05, 0.1) is 13.2 Å². The molecule has 0 radical (unpaired) electrons. The molecule has 1 fully saturated rings. The molecule has 0 aromatic rings. The first-order valence-electron chi connectivity index (χ1n) is 6.08. The summed E-state index contributed by atoms with van der Waals surface area (Å²) in [4.78, 5) is 10.3. The Bertz CT molecular complexity index is 219. The maximum Gasteiger partial charge on any atom is 0.329 e. The van der Waals surface area contributed by atoms with Crippen molar-refractivity contribution in [2.45, 2.75) is 25.7 Å². The number of carboxylic acid groups (broad SMARTS) is 1. The second-order valence-electron chi connectivity index (χ2n) is 4.58. The van der Waals surface area contributed by atoms with Crippen LogP contribution < -0.4 is 0 Å². The number of methoxy groups -OCH3 is 1. The third kappa shape index (κ3) is 6.61. The van der Waals surface area contributed by atoms with Crippen molar-refractivity contribution in [2.24, 2.45) is 11.8 Å². The lowest BCUT2D eigenvalue weighted by atomic mass is 9.82. The lowest BCUT2D eigenvalue weighted by Gasteiger charge is -2.28. The number of aliphatic carboxylic acids is 1. The molecule has 1 aliphatic rings. The first-order valence-corrected chi connectivity index (χ1v) is 6.08. The van der Waals surface area contributed by atoms with Gasteiger partial charge in [0.1, 0.15) is 13.4 Å². The van der Waals surface area contributed by atoms with Crippen molar-refractivity contribution in [1.29, 1.82) is 0 Å². The van der Waals surface area contributed by atoms with Crippen molar-refractivity contribution in [3.8, 4) is 0 Å². The highest BCUT2D eigenvalue weighted by molar-refractivity contribution is 5.67. The minimum atomic E-state index is -0.902. The maximum atomic E-state index is 10.3. The van der Waals surface area contributed by atoms with Crippen LogP contribution >= 0.6 is 0 Å². The zero-order valence-electron chi connectivity index (χ0n) is 10.4. The molecule has 1 aliphatic carbocycles. The Kier molecular flexibility index (Phi) is 7.16. The van der Waals surface area contributed by atoms with Crippen LogP contribution in [-0.2, 0) is 19.0 Å². The zero-order valence-corrected chi connectivity index (χ0v) is 10.4. The third-order valence-electron chi connectivity index (χ3n) is 3.03. The van der Waals surface area contributed by atoms with E-state index in [1.807, 2.05) is 0 Å². The molecule has 0 bridgehead atoms. The standard InChI is InChI=1S/C12H22O5/c1-15-9-17-7-11-4-2-3-10(5-11)6-16-8-12(13)14/h10-11H,2-9H2,1H3,(H,13,14)/t10-,11+/m0/s1. The molecule has 1 saturated carbocycles.